The van der Waals surface area contributed by atoms with Crippen molar-refractivity contribution in [1.29, 1.82) is 0 Å². The molecule has 2 aromatic carbocycles. The normalized spacial score (nSPS) is 14.8. The Morgan fingerprint density at radius 1 is 0.963 bits per heavy atom. The molecule has 0 radical (unpaired) electrons. The smallest absolute Gasteiger partial charge is 0.262 e. The van der Waals surface area contributed by atoms with E-state index in [-0.39, 0.29) is 4.90 Å². The molecule has 1 aliphatic rings. The summed E-state index contributed by atoms with van der Waals surface area (Å²) in [7, 11) is -3.71. The second kappa shape index (κ2) is 8.30. The first-order valence-electron chi connectivity index (χ1n) is 8.67. The molecule has 1 heterocycles. The van der Waals surface area contributed by atoms with Gasteiger partial charge >= 0.3 is 0 Å². The number of carbonyl (C=O) groups excluding carboxylic acids is 1. The fourth-order valence-electron chi connectivity index (χ4n) is 2.69. The summed E-state index contributed by atoms with van der Waals surface area (Å²) in [5.41, 5.74) is 0.747. The summed E-state index contributed by atoms with van der Waals surface area (Å²) in [4.78, 5) is 16.5. The number of hydrogen-bond donors (Lipinski definition) is 2. The molecule has 2 N–H and O–H groups in total. The molecule has 0 atom stereocenters. The maximum Gasteiger partial charge on any atom is 0.262 e. The molecule has 0 saturated carbocycles. The second-order valence-corrected chi connectivity index (χ2v) is 7.91. The number of aliphatic imine (C=N–C) groups is 1. The van der Waals surface area contributed by atoms with E-state index in [0.29, 0.717) is 30.1 Å². The topological polar surface area (TPSA) is 87.6 Å². The van der Waals surface area contributed by atoms with Gasteiger partial charge in [-0.3, -0.25) is 14.5 Å². The zero-order valence-electron chi connectivity index (χ0n) is 14.6. The number of sulfonamides is 1. The quantitative estimate of drug-likeness (QED) is 0.841. The summed E-state index contributed by atoms with van der Waals surface area (Å²) < 4.78 is 40.4. The maximum absolute atomic E-state index is 12.9. The van der Waals surface area contributed by atoms with Crippen molar-refractivity contribution in [2.75, 3.05) is 11.9 Å². The van der Waals surface area contributed by atoms with E-state index in [2.05, 4.69) is 15.0 Å². The van der Waals surface area contributed by atoms with E-state index in [4.69, 9.17) is 0 Å². The summed E-state index contributed by atoms with van der Waals surface area (Å²) in [5, 5.41) is 2.65. The molecule has 142 valence electrons. The number of carbonyl (C=O) groups is 1. The highest BCUT2D eigenvalue weighted by atomic mass is 32.2. The predicted octanol–water partition coefficient (Wildman–Crippen LogP) is 3.33. The third-order valence-electron chi connectivity index (χ3n) is 4.16. The molecule has 8 heteroatoms. The highest BCUT2D eigenvalue weighted by Crippen LogP contribution is 2.16. The van der Waals surface area contributed by atoms with Gasteiger partial charge in [0, 0.05) is 24.2 Å². The lowest BCUT2D eigenvalue weighted by atomic mass is 10.2. The number of amides is 1. The van der Waals surface area contributed by atoms with Crippen molar-refractivity contribution in [3.63, 3.8) is 0 Å². The van der Waals surface area contributed by atoms with Crippen LogP contribution in [0.5, 0.6) is 0 Å². The lowest BCUT2D eigenvalue weighted by Gasteiger charge is -2.10. The lowest BCUT2D eigenvalue weighted by molar-refractivity contribution is 0.102. The van der Waals surface area contributed by atoms with Crippen molar-refractivity contribution in [3.05, 3.63) is 59.9 Å². The van der Waals surface area contributed by atoms with Gasteiger partial charge in [0.25, 0.3) is 15.9 Å². The van der Waals surface area contributed by atoms with Gasteiger partial charge < -0.3 is 5.32 Å². The monoisotopic (exact) mass is 389 g/mol. The molecular weight excluding hydrogens is 369 g/mol. The van der Waals surface area contributed by atoms with Crippen molar-refractivity contribution < 1.29 is 17.6 Å². The standard InChI is InChI=1S/C19H20FN3O3S/c20-15-7-5-14(6-8-15)19(24)22-16-9-11-17(12-10-16)27(25,26)23-18-4-2-1-3-13-21-18/h5-12H,1-4,13H2,(H,21,23)(H,22,24). The van der Waals surface area contributed by atoms with E-state index in [9.17, 15) is 17.6 Å². The largest absolute Gasteiger partial charge is 0.322 e. The van der Waals surface area contributed by atoms with Gasteiger partial charge in [-0.25, -0.2) is 12.8 Å². The van der Waals surface area contributed by atoms with Gasteiger partial charge in [0.2, 0.25) is 0 Å². The van der Waals surface area contributed by atoms with Crippen LogP contribution in [0.1, 0.15) is 36.0 Å². The van der Waals surface area contributed by atoms with Crippen LogP contribution in [-0.4, -0.2) is 26.7 Å². The number of nitrogens with one attached hydrogen (secondary N) is 2. The van der Waals surface area contributed by atoms with Crippen molar-refractivity contribution in [2.45, 2.75) is 30.6 Å². The molecule has 27 heavy (non-hydrogen) atoms. The molecule has 0 aliphatic carbocycles. The van der Waals surface area contributed by atoms with Crippen molar-refractivity contribution in [3.8, 4) is 0 Å². The molecule has 0 aromatic heterocycles. The van der Waals surface area contributed by atoms with Crippen molar-refractivity contribution in [1.82, 2.24) is 4.72 Å². The molecule has 1 aliphatic heterocycles. The van der Waals surface area contributed by atoms with Crippen LogP contribution in [0.4, 0.5) is 10.1 Å². The number of anilines is 1. The van der Waals surface area contributed by atoms with Crippen molar-refractivity contribution in [2.24, 2.45) is 4.99 Å². The van der Waals surface area contributed by atoms with Gasteiger partial charge in [-0.2, -0.15) is 0 Å². The Hall–Kier alpha value is -2.74. The zero-order valence-corrected chi connectivity index (χ0v) is 15.4. The van der Waals surface area contributed by atoms with E-state index < -0.39 is 21.7 Å². The van der Waals surface area contributed by atoms with Crippen LogP contribution in [0, 0.1) is 5.82 Å². The van der Waals surface area contributed by atoms with Gasteiger partial charge in [-0.1, -0.05) is 6.42 Å². The van der Waals surface area contributed by atoms with Crippen LogP contribution in [0.15, 0.2) is 58.4 Å². The predicted molar refractivity (Wildman–Crippen MR) is 102 cm³/mol. The summed E-state index contributed by atoms with van der Waals surface area (Å²) in [5.74, 6) is -0.343. The van der Waals surface area contributed by atoms with Gasteiger partial charge in [-0.05, 0) is 61.4 Å². The minimum absolute atomic E-state index is 0.0919. The van der Waals surface area contributed by atoms with Crippen LogP contribution < -0.4 is 10.0 Å². The van der Waals surface area contributed by atoms with Crippen LogP contribution in [0.25, 0.3) is 0 Å². The van der Waals surface area contributed by atoms with Crippen LogP contribution in [-0.2, 0) is 10.0 Å². The molecule has 3 rings (SSSR count). The molecule has 2 aromatic rings. The Balaban J connectivity index is 1.67. The summed E-state index contributed by atoms with van der Waals surface area (Å²) >= 11 is 0. The van der Waals surface area contributed by atoms with Gasteiger partial charge in [0.15, 0.2) is 0 Å². The molecular formula is C19H20FN3O3S. The van der Waals surface area contributed by atoms with E-state index >= 15 is 0 Å². The first-order valence-corrected chi connectivity index (χ1v) is 10.2. The SMILES string of the molecule is O=C(Nc1ccc(S(=O)(=O)NC2=NCCCCC2)cc1)c1ccc(F)cc1. The molecule has 0 fully saturated rings. The van der Waals surface area contributed by atoms with E-state index in [0.717, 1.165) is 19.3 Å². The van der Waals surface area contributed by atoms with E-state index in [1.165, 1.54) is 48.5 Å². The Kier molecular flexibility index (Phi) is 5.85. The highest BCUT2D eigenvalue weighted by Gasteiger charge is 2.17. The van der Waals surface area contributed by atoms with E-state index in [1.807, 2.05) is 0 Å². The summed E-state index contributed by atoms with van der Waals surface area (Å²) in [6, 6.07) is 11.0. The molecule has 1 amide bonds. The third-order valence-corrected chi connectivity index (χ3v) is 5.55. The number of hydrogen-bond acceptors (Lipinski definition) is 4. The number of nitrogens with zero attached hydrogens (tertiary/aromatic N) is 1. The maximum atomic E-state index is 12.9. The highest BCUT2D eigenvalue weighted by molar-refractivity contribution is 7.90. The second-order valence-electron chi connectivity index (χ2n) is 6.23. The summed E-state index contributed by atoms with van der Waals surface area (Å²) in [6.07, 6.45) is 3.53. The average molecular weight is 389 g/mol. The molecule has 0 spiro atoms. The average Bonchev–Trinajstić information content (AvgIpc) is 2.91. The Labute approximate surface area is 157 Å². The Bertz CT molecular complexity index is 939. The first-order chi connectivity index (χ1) is 12.9. The lowest BCUT2D eigenvalue weighted by Crippen LogP contribution is -2.30. The van der Waals surface area contributed by atoms with Crippen LogP contribution in [0.3, 0.4) is 0 Å². The summed E-state index contributed by atoms with van der Waals surface area (Å²) in [6.45, 7) is 0.631. The Morgan fingerprint density at radius 2 is 1.67 bits per heavy atom. The zero-order chi connectivity index (χ0) is 19.3. The van der Waals surface area contributed by atoms with Gasteiger partial charge in [-0.15, -0.1) is 0 Å². The van der Waals surface area contributed by atoms with Gasteiger partial charge in [0.1, 0.15) is 11.7 Å². The number of halogens is 1. The molecule has 0 bridgehead atoms. The minimum Gasteiger partial charge on any atom is -0.322 e. The minimum atomic E-state index is -3.71. The fraction of sp³-hybridized carbons (Fsp3) is 0.263. The number of amidine groups is 1. The number of benzene rings is 2. The van der Waals surface area contributed by atoms with Crippen LogP contribution >= 0.6 is 0 Å². The first kappa shape index (κ1) is 19.0. The third kappa shape index (κ3) is 5.13. The fourth-order valence-corrected chi connectivity index (χ4v) is 3.78. The van der Waals surface area contributed by atoms with E-state index in [1.54, 1.807) is 0 Å². The number of rotatable bonds is 4. The molecule has 6 nitrogen and oxygen atoms in total. The molecule has 0 saturated heterocycles. The van der Waals surface area contributed by atoms with Crippen molar-refractivity contribution >= 4 is 27.5 Å². The Morgan fingerprint density at radius 3 is 2.37 bits per heavy atom. The molecule has 0 unspecified atom stereocenters. The van der Waals surface area contributed by atoms with Gasteiger partial charge in [0.05, 0.1) is 4.90 Å². The van der Waals surface area contributed by atoms with Crippen LogP contribution in [0.2, 0.25) is 0 Å².